The van der Waals surface area contributed by atoms with Crippen LogP contribution in [0.4, 0.5) is 8.78 Å². The van der Waals surface area contributed by atoms with E-state index in [1.165, 1.54) is 6.08 Å². The second-order valence-electron chi connectivity index (χ2n) is 3.46. The van der Waals surface area contributed by atoms with Gasteiger partial charge in [-0.1, -0.05) is 25.7 Å². The van der Waals surface area contributed by atoms with Crippen LogP contribution < -0.4 is 10.6 Å². The van der Waals surface area contributed by atoms with E-state index in [9.17, 15) is 8.78 Å². The lowest BCUT2D eigenvalue weighted by Crippen LogP contribution is -2.34. The van der Waals surface area contributed by atoms with Crippen LogP contribution in [-0.4, -0.2) is 26.2 Å². The Bertz CT molecular complexity index is 242. The van der Waals surface area contributed by atoms with Gasteiger partial charge >= 0.3 is 0 Å². The Morgan fingerprint density at radius 3 is 2.35 bits per heavy atom. The van der Waals surface area contributed by atoms with Gasteiger partial charge in [0.15, 0.2) is 11.7 Å². The van der Waals surface area contributed by atoms with Crippen LogP contribution in [0.3, 0.4) is 0 Å². The number of halogens is 2. The highest BCUT2D eigenvalue weighted by molar-refractivity contribution is 5.19. The quantitative estimate of drug-likeness (QED) is 0.704. The molecular formula is C13H24F2N2. The molecule has 100 valence electrons. The molecular weight excluding hydrogens is 222 g/mol. The minimum atomic E-state index is -1.03. The van der Waals surface area contributed by atoms with Gasteiger partial charge in [0.05, 0.1) is 0 Å². The fraction of sp³-hybridized carbons (Fsp3) is 0.538. The normalized spacial score (nSPS) is 13.2. The molecule has 0 heterocycles. The highest BCUT2D eigenvalue weighted by Gasteiger charge is 1.94. The molecule has 0 saturated heterocycles. The Hall–Kier alpha value is -1.00. The molecule has 0 bridgehead atoms. The summed E-state index contributed by atoms with van der Waals surface area (Å²) in [4.78, 5) is 0. The Morgan fingerprint density at radius 1 is 1.41 bits per heavy atom. The molecule has 4 heteroatoms. The molecule has 0 aliphatic rings. The number of nitrogens with one attached hydrogen (secondary N) is 2. The van der Waals surface area contributed by atoms with E-state index >= 15 is 0 Å². The van der Waals surface area contributed by atoms with Gasteiger partial charge in [-0.3, -0.25) is 0 Å². The van der Waals surface area contributed by atoms with Gasteiger partial charge in [-0.05, 0) is 33.5 Å². The van der Waals surface area contributed by atoms with Crippen molar-refractivity contribution in [2.75, 3.05) is 20.1 Å². The molecule has 0 spiro atoms. The van der Waals surface area contributed by atoms with Crippen molar-refractivity contribution in [1.82, 2.24) is 10.6 Å². The molecule has 0 unspecified atom stereocenters. The molecule has 0 aliphatic heterocycles. The first-order valence-corrected chi connectivity index (χ1v) is 5.70. The first kappa shape index (κ1) is 18.4. The van der Waals surface area contributed by atoms with Gasteiger partial charge in [-0.2, -0.15) is 0 Å². The third-order valence-corrected chi connectivity index (χ3v) is 1.76. The maximum atomic E-state index is 12.0. The van der Waals surface area contributed by atoms with E-state index in [0.29, 0.717) is 6.04 Å². The summed E-state index contributed by atoms with van der Waals surface area (Å²) in [5, 5.41) is 6.37. The predicted molar refractivity (Wildman–Crippen MR) is 71.3 cm³/mol. The van der Waals surface area contributed by atoms with Crippen molar-refractivity contribution in [2.45, 2.75) is 26.8 Å². The van der Waals surface area contributed by atoms with Gasteiger partial charge in [0, 0.05) is 12.6 Å². The van der Waals surface area contributed by atoms with Gasteiger partial charge in [0.2, 0.25) is 0 Å². The van der Waals surface area contributed by atoms with Gasteiger partial charge in [0.25, 0.3) is 0 Å². The standard InChI is InChI=1S/C7H8F2.C6H16N2/c1-3-4-5-7(9)6(2)8;1-4-8-6(2)5-7-3/h3-5H,2H2,1H3;6-8H,4-5H2,1-3H3/b4-3-,7-5+;/t;6-/m.1/s1. The number of hydrogen-bond acceptors (Lipinski definition) is 2. The fourth-order valence-corrected chi connectivity index (χ4v) is 0.998. The number of likely N-dealkylation sites (N-methyl/N-ethyl adjacent to an activating group) is 2. The SMILES string of the molecule is C=C(F)/C(F)=C\C=C/C.CCN[C@H](C)CNC. The van der Waals surface area contributed by atoms with E-state index in [0.717, 1.165) is 19.2 Å². The zero-order valence-corrected chi connectivity index (χ0v) is 11.2. The van der Waals surface area contributed by atoms with Crippen LogP contribution in [0.15, 0.2) is 36.5 Å². The Morgan fingerprint density at radius 2 is 2.00 bits per heavy atom. The highest BCUT2D eigenvalue weighted by atomic mass is 19.2. The zero-order valence-electron chi connectivity index (χ0n) is 11.2. The van der Waals surface area contributed by atoms with E-state index in [4.69, 9.17) is 0 Å². The van der Waals surface area contributed by atoms with Crippen LogP contribution in [0.2, 0.25) is 0 Å². The maximum Gasteiger partial charge on any atom is 0.158 e. The van der Waals surface area contributed by atoms with Crippen LogP contribution in [0.1, 0.15) is 20.8 Å². The third kappa shape index (κ3) is 15.0. The Balaban J connectivity index is 0. The molecule has 0 aromatic heterocycles. The van der Waals surface area contributed by atoms with Crippen molar-refractivity contribution < 1.29 is 8.78 Å². The van der Waals surface area contributed by atoms with E-state index in [1.807, 2.05) is 7.05 Å². The van der Waals surface area contributed by atoms with E-state index in [1.54, 1.807) is 13.0 Å². The van der Waals surface area contributed by atoms with Crippen molar-refractivity contribution in [2.24, 2.45) is 0 Å². The highest BCUT2D eigenvalue weighted by Crippen LogP contribution is 2.09. The fourth-order valence-electron chi connectivity index (χ4n) is 0.998. The van der Waals surface area contributed by atoms with Crippen LogP contribution >= 0.6 is 0 Å². The van der Waals surface area contributed by atoms with E-state index in [-0.39, 0.29) is 0 Å². The summed E-state index contributed by atoms with van der Waals surface area (Å²) in [5.41, 5.74) is 0. The lowest BCUT2D eigenvalue weighted by Gasteiger charge is -2.09. The lowest BCUT2D eigenvalue weighted by atomic mass is 10.3. The molecule has 0 aliphatic carbocycles. The van der Waals surface area contributed by atoms with Crippen molar-refractivity contribution in [3.05, 3.63) is 36.5 Å². The van der Waals surface area contributed by atoms with Crippen molar-refractivity contribution >= 4 is 0 Å². The van der Waals surface area contributed by atoms with Crippen molar-refractivity contribution in [1.29, 1.82) is 0 Å². The van der Waals surface area contributed by atoms with Crippen LogP contribution in [0, 0.1) is 0 Å². The Kier molecular flexibility index (Phi) is 14.1. The topological polar surface area (TPSA) is 24.1 Å². The maximum absolute atomic E-state index is 12.0. The summed E-state index contributed by atoms with van der Waals surface area (Å²) in [7, 11) is 1.97. The second kappa shape index (κ2) is 13.1. The molecule has 0 fully saturated rings. The summed E-state index contributed by atoms with van der Waals surface area (Å²) >= 11 is 0. The molecule has 1 atom stereocenters. The molecule has 0 saturated carbocycles. The molecule has 2 nitrogen and oxygen atoms in total. The summed E-state index contributed by atoms with van der Waals surface area (Å²) in [5.74, 6) is -1.96. The molecule has 0 rings (SSSR count). The predicted octanol–water partition coefficient (Wildman–Crippen LogP) is 3.10. The van der Waals surface area contributed by atoms with Crippen LogP contribution in [0.5, 0.6) is 0 Å². The lowest BCUT2D eigenvalue weighted by molar-refractivity contribution is 0.539. The minimum absolute atomic E-state index is 0.602. The van der Waals surface area contributed by atoms with Gasteiger partial charge in [-0.15, -0.1) is 0 Å². The Labute approximate surface area is 103 Å². The molecule has 0 aromatic carbocycles. The van der Waals surface area contributed by atoms with E-state index in [2.05, 4.69) is 31.1 Å². The molecule has 0 amide bonds. The number of rotatable bonds is 6. The van der Waals surface area contributed by atoms with Gasteiger partial charge < -0.3 is 10.6 Å². The summed E-state index contributed by atoms with van der Waals surface area (Å²) in [6, 6.07) is 0.602. The largest absolute Gasteiger partial charge is 0.318 e. The van der Waals surface area contributed by atoms with Crippen molar-refractivity contribution in [3.63, 3.8) is 0 Å². The summed E-state index contributed by atoms with van der Waals surface area (Å²) in [6.45, 7) is 10.9. The molecule has 17 heavy (non-hydrogen) atoms. The van der Waals surface area contributed by atoms with E-state index < -0.39 is 11.7 Å². The number of hydrogen-bond donors (Lipinski definition) is 2. The smallest absolute Gasteiger partial charge is 0.158 e. The van der Waals surface area contributed by atoms with Gasteiger partial charge in [0.1, 0.15) is 0 Å². The first-order valence-electron chi connectivity index (χ1n) is 5.70. The summed E-state index contributed by atoms with van der Waals surface area (Å²) < 4.78 is 23.8. The average Bonchev–Trinajstić information content (AvgIpc) is 2.27. The minimum Gasteiger partial charge on any atom is -0.318 e. The summed E-state index contributed by atoms with van der Waals surface area (Å²) in [6.07, 6.45) is 4.02. The zero-order chi connectivity index (χ0) is 13.7. The molecule has 0 radical (unpaired) electrons. The van der Waals surface area contributed by atoms with Crippen LogP contribution in [-0.2, 0) is 0 Å². The average molecular weight is 246 g/mol. The molecule has 0 aromatic rings. The number of allylic oxidation sites excluding steroid dienone is 5. The molecule has 2 N–H and O–H groups in total. The van der Waals surface area contributed by atoms with Crippen LogP contribution in [0.25, 0.3) is 0 Å². The first-order chi connectivity index (χ1) is 7.99. The third-order valence-electron chi connectivity index (χ3n) is 1.76. The van der Waals surface area contributed by atoms with Crippen molar-refractivity contribution in [3.8, 4) is 0 Å². The monoisotopic (exact) mass is 246 g/mol. The second-order valence-corrected chi connectivity index (χ2v) is 3.46. The van der Waals surface area contributed by atoms with Gasteiger partial charge in [-0.25, -0.2) is 8.78 Å².